The van der Waals surface area contributed by atoms with Crippen molar-refractivity contribution in [1.82, 2.24) is 0 Å². The minimum Gasteiger partial charge on any atom is -0.481 e. The van der Waals surface area contributed by atoms with Crippen molar-refractivity contribution in [3.8, 4) is 34.7 Å². The van der Waals surface area contributed by atoms with Crippen LogP contribution in [-0.2, 0) is 4.79 Å². The molecule has 1 atom stereocenters. The molecule has 0 radical (unpaired) electrons. The molecule has 7 nitrogen and oxygen atoms in total. The predicted octanol–water partition coefficient (Wildman–Crippen LogP) is 5.08. The van der Waals surface area contributed by atoms with Crippen LogP contribution < -0.4 is 10.1 Å². The van der Waals surface area contributed by atoms with Crippen molar-refractivity contribution in [1.29, 1.82) is 5.26 Å². The van der Waals surface area contributed by atoms with Gasteiger partial charge in [0.05, 0.1) is 18.1 Å². The second kappa shape index (κ2) is 7.82. The highest BCUT2D eigenvalue weighted by molar-refractivity contribution is 5.96. The van der Waals surface area contributed by atoms with Gasteiger partial charge in [0.15, 0.2) is 17.6 Å². The zero-order valence-electron chi connectivity index (χ0n) is 15.4. The summed E-state index contributed by atoms with van der Waals surface area (Å²) in [6, 6.07) is 17.8. The first-order chi connectivity index (χ1) is 14.2. The lowest BCUT2D eigenvalue weighted by molar-refractivity contribution is -0.122. The summed E-state index contributed by atoms with van der Waals surface area (Å²) in [5.41, 5.74) is 0.533. The third kappa shape index (κ3) is 3.64. The zero-order valence-corrected chi connectivity index (χ0v) is 15.4. The van der Waals surface area contributed by atoms with Gasteiger partial charge in [-0.3, -0.25) is 10.1 Å². The van der Waals surface area contributed by atoms with E-state index < -0.39 is 12.0 Å². The van der Waals surface area contributed by atoms with E-state index >= 15 is 0 Å². The number of nitrogens with one attached hydrogen (secondary N) is 1. The molecule has 4 aromatic rings. The van der Waals surface area contributed by atoms with Crippen LogP contribution >= 0.6 is 0 Å². The second-order valence-electron chi connectivity index (χ2n) is 6.14. The van der Waals surface area contributed by atoms with E-state index in [0.29, 0.717) is 22.8 Å². The highest BCUT2D eigenvalue weighted by atomic mass is 16.5. The fraction of sp³-hybridized carbons (Fsp3) is 0.0909. The first-order valence-electron chi connectivity index (χ1n) is 8.84. The van der Waals surface area contributed by atoms with Crippen LogP contribution in [0.3, 0.4) is 0 Å². The molecule has 1 N–H and O–H groups in total. The number of nitrogens with zero attached hydrogens (tertiary/aromatic N) is 1. The van der Waals surface area contributed by atoms with Crippen LogP contribution in [0, 0.1) is 11.3 Å². The van der Waals surface area contributed by atoms with Crippen molar-refractivity contribution in [3.05, 3.63) is 72.7 Å². The van der Waals surface area contributed by atoms with Crippen molar-refractivity contribution >= 4 is 11.8 Å². The molecule has 7 heteroatoms. The summed E-state index contributed by atoms with van der Waals surface area (Å²) in [5.74, 6) is 1.21. The summed E-state index contributed by atoms with van der Waals surface area (Å²) in [6.07, 6.45) is 2.17. The van der Waals surface area contributed by atoms with Crippen molar-refractivity contribution in [2.75, 3.05) is 5.32 Å². The van der Waals surface area contributed by atoms with Crippen LogP contribution in [0.2, 0.25) is 0 Å². The van der Waals surface area contributed by atoms with Gasteiger partial charge in [-0.05, 0) is 43.3 Å². The molecule has 0 spiro atoms. The fourth-order valence-electron chi connectivity index (χ4n) is 2.83. The quantitative estimate of drug-likeness (QED) is 0.494. The Bertz CT molecular complexity index is 1140. The lowest BCUT2D eigenvalue weighted by atomic mass is 10.1. The van der Waals surface area contributed by atoms with E-state index in [9.17, 15) is 10.1 Å². The monoisotopic (exact) mass is 388 g/mol. The number of ether oxygens (including phenoxy) is 1. The van der Waals surface area contributed by atoms with Gasteiger partial charge < -0.3 is 18.0 Å². The van der Waals surface area contributed by atoms with Gasteiger partial charge in [-0.25, -0.2) is 0 Å². The van der Waals surface area contributed by atoms with Gasteiger partial charge in [0.2, 0.25) is 5.88 Å². The van der Waals surface area contributed by atoms with Gasteiger partial charge in [-0.1, -0.05) is 18.2 Å². The fourth-order valence-corrected chi connectivity index (χ4v) is 2.83. The third-order valence-corrected chi connectivity index (χ3v) is 4.19. The number of hydrogen-bond acceptors (Lipinski definition) is 6. The summed E-state index contributed by atoms with van der Waals surface area (Å²) in [7, 11) is 0. The van der Waals surface area contributed by atoms with Crippen molar-refractivity contribution in [3.63, 3.8) is 0 Å². The topological polar surface area (TPSA) is 102 Å². The summed E-state index contributed by atoms with van der Waals surface area (Å²) in [6.45, 7) is 1.61. The Hall–Kier alpha value is -4.18. The van der Waals surface area contributed by atoms with Gasteiger partial charge in [0.1, 0.15) is 23.1 Å². The van der Waals surface area contributed by atoms with E-state index in [4.69, 9.17) is 18.0 Å². The van der Waals surface area contributed by atoms with E-state index in [-0.39, 0.29) is 17.2 Å². The SMILES string of the molecule is C[C@H](Oc1ccccc1)C(=O)Nc1oc(-c2ccco2)c(-c2ccco2)c1C#N. The average molecular weight is 388 g/mol. The number of para-hydroxylation sites is 1. The van der Waals surface area contributed by atoms with E-state index in [1.54, 1.807) is 43.3 Å². The van der Waals surface area contributed by atoms with Gasteiger partial charge in [0, 0.05) is 0 Å². The van der Waals surface area contributed by atoms with Gasteiger partial charge in [-0.2, -0.15) is 5.26 Å². The Kier molecular flexibility index (Phi) is 4.91. The Morgan fingerprint density at radius 1 is 1.03 bits per heavy atom. The molecule has 1 aromatic carbocycles. The molecular formula is C22H16N2O5. The molecule has 0 unspecified atom stereocenters. The van der Waals surface area contributed by atoms with Crippen LogP contribution in [0.4, 0.5) is 5.88 Å². The minimum absolute atomic E-state index is 0.00110. The maximum absolute atomic E-state index is 12.6. The van der Waals surface area contributed by atoms with Crippen molar-refractivity contribution < 1.29 is 22.8 Å². The standard InChI is InChI=1S/C22H16N2O5/c1-14(28-15-7-3-2-4-8-15)21(25)24-22-16(13-23)19(17-9-5-11-26-17)20(29-22)18-10-6-12-27-18/h2-12,14H,1H3,(H,24,25)/t14-/m0/s1. The predicted molar refractivity (Wildman–Crippen MR) is 104 cm³/mol. The Labute approximate surface area is 166 Å². The molecular weight excluding hydrogens is 372 g/mol. The van der Waals surface area contributed by atoms with Crippen LogP contribution in [-0.4, -0.2) is 12.0 Å². The number of furan rings is 3. The lowest BCUT2D eigenvalue weighted by Gasteiger charge is -2.13. The molecule has 0 fully saturated rings. The summed E-state index contributed by atoms with van der Waals surface area (Å²) < 4.78 is 22.3. The normalized spacial score (nSPS) is 11.6. The highest BCUT2D eigenvalue weighted by Gasteiger charge is 2.28. The van der Waals surface area contributed by atoms with Gasteiger partial charge in [0.25, 0.3) is 5.91 Å². The number of amides is 1. The van der Waals surface area contributed by atoms with Gasteiger partial charge in [-0.15, -0.1) is 0 Å². The zero-order chi connectivity index (χ0) is 20.2. The van der Waals surface area contributed by atoms with Crippen LogP contribution in [0.5, 0.6) is 5.75 Å². The summed E-state index contributed by atoms with van der Waals surface area (Å²) in [4.78, 5) is 12.6. The summed E-state index contributed by atoms with van der Waals surface area (Å²) >= 11 is 0. The number of carbonyl (C=O) groups is 1. The molecule has 4 rings (SSSR count). The molecule has 1 amide bonds. The molecule has 0 aliphatic carbocycles. The lowest BCUT2D eigenvalue weighted by Crippen LogP contribution is -2.30. The third-order valence-electron chi connectivity index (χ3n) is 4.19. The van der Waals surface area contributed by atoms with Crippen molar-refractivity contribution in [2.24, 2.45) is 0 Å². The first-order valence-corrected chi connectivity index (χ1v) is 8.84. The maximum atomic E-state index is 12.6. The highest BCUT2D eigenvalue weighted by Crippen LogP contribution is 2.41. The second-order valence-corrected chi connectivity index (χ2v) is 6.14. The van der Waals surface area contributed by atoms with Crippen LogP contribution in [0.25, 0.3) is 22.8 Å². The van der Waals surface area contributed by atoms with E-state index in [1.807, 2.05) is 18.2 Å². The minimum atomic E-state index is -0.812. The van der Waals surface area contributed by atoms with Crippen LogP contribution in [0.1, 0.15) is 12.5 Å². The number of nitriles is 1. The van der Waals surface area contributed by atoms with Crippen LogP contribution in [0.15, 0.2) is 80.4 Å². The first kappa shape index (κ1) is 18.2. The number of benzene rings is 1. The maximum Gasteiger partial charge on any atom is 0.267 e. The molecule has 0 saturated heterocycles. The smallest absolute Gasteiger partial charge is 0.267 e. The number of hydrogen-bond donors (Lipinski definition) is 1. The Morgan fingerprint density at radius 3 is 2.34 bits per heavy atom. The Balaban J connectivity index is 1.66. The molecule has 3 aromatic heterocycles. The molecule has 144 valence electrons. The molecule has 0 aliphatic heterocycles. The number of carbonyl (C=O) groups excluding carboxylic acids is 1. The molecule has 29 heavy (non-hydrogen) atoms. The number of anilines is 1. The van der Waals surface area contributed by atoms with Gasteiger partial charge >= 0.3 is 0 Å². The van der Waals surface area contributed by atoms with E-state index in [0.717, 1.165) is 0 Å². The largest absolute Gasteiger partial charge is 0.481 e. The molecule has 0 saturated carbocycles. The van der Waals surface area contributed by atoms with Crippen molar-refractivity contribution in [2.45, 2.75) is 13.0 Å². The Morgan fingerprint density at radius 2 is 1.72 bits per heavy atom. The number of rotatable bonds is 6. The molecule has 3 heterocycles. The van der Waals surface area contributed by atoms with E-state index in [1.165, 1.54) is 12.5 Å². The molecule has 0 bridgehead atoms. The molecule has 0 aliphatic rings. The summed E-state index contributed by atoms with van der Waals surface area (Å²) in [5, 5.41) is 12.4. The van der Waals surface area contributed by atoms with E-state index in [2.05, 4.69) is 11.4 Å². The average Bonchev–Trinajstić information content (AvgIpc) is 3.48.